The van der Waals surface area contributed by atoms with Crippen molar-refractivity contribution in [3.8, 4) is 0 Å². The van der Waals surface area contributed by atoms with Gasteiger partial charge < -0.3 is 15.5 Å². The normalized spacial score (nSPS) is 18.6. The van der Waals surface area contributed by atoms with E-state index in [0.29, 0.717) is 31.5 Å². The fourth-order valence-corrected chi connectivity index (χ4v) is 4.06. The maximum Gasteiger partial charge on any atom is 0.247 e. The molecule has 2 aromatic carbocycles. The molecule has 0 saturated carbocycles. The summed E-state index contributed by atoms with van der Waals surface area (Å²) in [6.45, 7) is 1.93. The van der Waals surface area contributed by atoms with E-state index in [4.69, 9.17) is 0 Å². The summed E-state index contributed by atoms with van der Waals surface area (Å²) in [5.74, 6) is -0.736. The zero-order chi connectivity index (χ0) is 19.5. The number of benzene rings is 2. The van der Waals surface area contributed by atoms with Gasteiger partial charge in [0.05, 0.1) is 12.1 Å². The third kappa shape index (κ3) is 3.78. The minimum atomic E-state index is -0.548. The highest BCUT2D eigenvalue weighted by molar-refractivity contribution is 5.98. The Morgan fingerprint density at radius 1 is 1.18 bits per heavy atom. The second kappa shape index (κ2) is 8.10. The topological polar surface area (TPSA) is 61.4 Å². The van der Waals surface area contributed by atoms with Gasteiger partial charge in [-0.05, 0) is 48.6 Å². The molecule has 0 radical (unpaired) electrons. The molecule has 6 heteroatoms. The average Bonchev–Trinajstić information content (AvgIpc) is 3.21. The lowest BCUT2D eigenvalue weighted by molar-refractivity contribution is -0.136. The summed E-state index contributed by atoms with van der Waals surface area (Å²) in [7, 11) is 0. The quantitative estimate of drug-likeness (QED) is 0.856. The Hall–Kier alpha value is -2.73. The minimum Gasteiger partial charge on any atom is -0.330 e. The lowest BCUT2D eigenvalue weighted by atomic mass is 9.99. The molecule has 2 aliphatic heterocycles. The smallest absolute Gasteiger partial charge is 0.247 e. The van der Waals surface area contributed by atoms with E-state index in [-0.39, 0.29) is 29.7 Å². The Bertz CT molecular complexity index is 885. The Kier molecular flexibility index (Phi) is 5.39. The SMILES string of the molecule is O=C(Nc1ccc2c(c1F)CCNC2)C1CCCN1C(=O)Cc1ccccc1. The first-order valence-corrected chi connectivity index (χ1v) is 9.78. The standard InChI is InChI=1S/C22H24FN3O2/c23-21-17-10-11-24-14-16(17)8-9-18(21)25-22(28)19-7-4-12-26(19)20(27)13-15-5-2-1-3-6-15/h1-3,5-6,8-9,19,24H,4,7,10-14H2,(H,25,28). The van der Waals surface area contributed by atoms with Crippen LogP contribution in [0.4, 0.5) is 10.1 Å². The van der Waals surface area contributed by atoms with Crippen molar-refractivity contribution in [2.75, 3.05) is 18.4 Å². The van der Waals surface area contributed by atoms with Crippen molar-refractivity contribution in [3.05, 3.63) is 65.0 Å². The highest BCUT2D eigenvalue weighted by atomic mass is 19.1. The second-order valence-electron chi connectivity index (χ2n) is 7.39. The Morgan fingerprint density at radius 3 is 2.82 bits per heavy atom. The van der Waals surface area contributed by atoms with Gasteiger partial charge in [-0.15, -0.1) is 0 Å². The van der Waals surface area contributed by atoms with Gasteiger partial charge in [-0.2, -0.15) is 0 Å². The van der Waals surface area contributed by atoms with Crippen LogP contribution in [0, 0.1) is 5.82 Å². The van der Waals surface area contributed by atoms with Crippen molar-refractivity contribution < 1.29 is 14.0 Å². The molecule has 2 aromatic rings. The lowest BCUT2D eigenvalue weighted by Gasteiger charge is -2.25. The predicted molar refractivity (Wildman–Crippen MR) is 105 cm³/mol. The van der Waals surface area contributed by atoms with Gasteiger partial charge in [0.15, 0.2) is 0 Å². The Labute approximate surface area is 163 Å². The van der Waals surface area contributed by atoms with Crippen LogP contribution in [0.2, 0.25) is 0 Å². The van der Waals surface area contributed by atoms with E-state index in [1.807, 2.05) is 36.4 Å². The van der Waals surface area contributed by atoms with Crippen molar-refractivity contribution in [2.24, 2.45) is 0 Å². The number of fused-ring (bicyclic) bond motifs is 1. The largest absolute Gasteiger partial charge is 0.330 e. The van der Waals surface area contributed by atoms with E-state index >= 15 is 0 Å². The predicted octanol–water partition coefficient (Wildman–Crippen LogP) is 2.64. The monoisotopic (exact) mass is 381 g/mol. The van der Waals surface area contributed by atoms with Crippen molar-refractivity contribution >= 4 is 17.5 Å². The molecule has 4 rings (SSSR count). The van der Waals surface area contributed by atoms with Crippen molar-refractivity contribution in [3.63, 3.8) is 0 Å². The number of rotatable bonds is 4. The van der Waals surface area contributed by atoms with Gasteiger partial charge >= 0.3 is 0 Å². The molecule has 28 heavy (non-hydrogen) atoms. The molecule has 5 nitrogen and oxygen atoms in total. The van der Waals surface area contributed by atoms with E-state index < -0.39 is 6.04 Å². The third-order valence-electron chi connectivity index (χ3n) is 5.54. The van der Waals surface area contributed by atoms with Crippen LogP contribution in [0.15, 0.2) is 42.5 Å². The molecule has 2 aliphatic rings. The zero-order valence-corrected chi connectivity index (χ0v) is 15.7. The molecule has 1 fully saturated rings. The first kappa shape index (κ1) is 18.6. The van der Waals surface area contributed by atoms with Crippen molar-refractivity contribution in [1.82, 2.24) is 10.2 Å². The van der Waals surface area contributed by atoms with Crippen LogP contribution in [-0.4, -0.2) is 35.8 Å². The molecular formula is C22H24FN3O2. The molecule has 2 heterocycles. The molecule has 0 aromatic heterocycles. The summed E-state index contributed by atoms with van der Waals surface area (Å²) in [5, 5.41) is 5.94. The van der Waals surface area contributed by atoms with E-state index in [1.165, 1.54) is 0 Å². The Morgan fingerprint density at radius 2 is 2.00 bits per heavy atom. The third-order valence-corrected chi connectivity index (χ3v) is 5.54. The van der Waals surface area contributed by atoms with E-state index in [9.17, 15) is 14.0 Å². The number of hydrogen-bond donors (Lipinski definition) is 2. The molecule has 1 saturated heterocycles. The number of amides is 2. The zero-order valence-electron chi connectivity index (χ0n) is 15.7. The highest BCUT2D eigenvalue weighted by Crippen LogP contribution is 2.26. The number of halogens is 1. The van der Waals surface area contributed by atoms with E-state index in [1.54, 1.807) is 11.0 Å². The number of carbonyl (C=O) groups is 2. The molecule has 2 amide bonds. The van der Waals surface area contributed by atoms with Gasteiger partial charge in [-0.3, -0.25) is 9.59 Å². The average molecular weight is 381 g/mol. The summed E-state index contributed by atoms with van der Waals surface area (Å²) < 4.78 is 14.8. The van der Waals surface area contributed by atoms with Gasteiger partial charge in [0.1, 0.15) is 11.9 Å². The maximum atomic E-state index is 14.8. The summed E-state index contributed by atoms with van der Waals surface area (Å²) in [5.41, 5.74) is 2.73. The Balaban J connectivity index is 1.46. The van der Waals surface area contributed by atoms with Gasteiger partial charge in [-0.1, -0.05) is 36.4 Å². The number of carbonyl (C=O) groups excluding carboxylic acids is 2. The molecule has 146 valence electrons. The van der Waals surface area contributed by atoms with Crippen LogP contribution in [0.25, 0.3) is 0 Å². The van der Waals surface area contributed by atoms with Gasteiger partial charge in [-0.25, -0.2) is 4.39 Å². The molecule has 0 aliphatic carbocycles. The lowest BCUT2D eigenvalue weighted by Crippen LogP contribution is -2.44. The molecule has 1 unspecified atom stereocenters. The van der Waals surface area contributed by atoms with Gasteiger partial charge in [0, 0.05) is 13.1 Å². The highest BCUT2D eigenvalue weighted by Gasteiger charge is 2.34. The van der Waals surface area contributed by atoms with E-state index in [2.05, 4.69) is 10.6 Å². The molecule has 0 bridgehead atoms. The number of likely N-dealkylation sites (tertiary alicyclic amines) is 1. The van der Waals surface area contributed by atoms with Crippen LogP contribution in [0.3, 0.4) is 0 Å². The fraction of sp³-hybridized carbons (Fsp3) is 0.364. The molecule has 2 N–H and O–H groups in total. The first-order valence-electron chi connectivity index (χ1n) is 9.78. The molecule has 1 atom stereocenters. The number of anilines is 1. The molecule has 0 spiro atoms. The van der Waals surface area contributed by atoms with E-state index in [0.717, 1.165) is 24.1 Å². The van der Waals surface area contributed by atoms with Crippen molar-refractivity contribution in [1.29, 1.82) is 0 Å². The maximum absolute atomic E-state index is 14.8. The summed E-state index contributed by atoms with van der Waals surface area (Å²) in [6, 6.07) is 12.4. The van der Waals surface area contributed by atoms with Gasteiger partial charge in [0.2, 0.25) is 11.8 Å². The van der Waals surface area contributed by atoms with Crippen LogP contribution >= 0.6 is 0 Å². The summed E-state index contributed by atoms with van der Waals surface area (Å²) in [4.78, 5) is 27.2. The number of nitrogens with zero attached hydrogens (tertiary/aromatic N) is 1. The second-order valence-corrected chi connectivity index (χ2v) is 7.39. The van der Waals surface area contributed by atoms with Crippen LogP contribution in [0.1, 0.15) is 29.5 Å². The van der Waals surface area contributed by atoms with Crippen LogP contribution < -0.4 is 10.6 Å². The minimum absolute atomic E-state index is 0.0687. The summed E-state index contributed by atoms with van der Waals surface area (Å²) >= 11 is 0. The van der Waals surface area contributed by atoms with Gasteiger partial charge in [0.25, 0.3) is 0 Å². The fourth-order valence-electron chi connectivity index (χ4n) is 4.06. The molecular weight excluding hydrogens is 357 g/mol. The summed E-state index contributed by atoms with van der Waals surface area (Å²) in [6.07, 6.45) is 2.25. The van der Waals surface area contributed by atoms with Crippen LogP contribution in [0.5, 0.6) is 0 Å². The first-order chi connectivity index (χ1) is 13.6. The van der Waals surface area contributed by atoms with Crippen LogP contribution in [-0.2, 0) is 29.0 Å². The number of nitrogens with one attached hydrogen (secondary N) is 2. The number of hydrogen-bond acceptors (Lipinski definition) is 3. The van der Waals surface area contributed by atoms with Crippen molar-refractivity contribution in [2.45, 2.75) is 38.3 Å².